The highest BCUT2D eigenvalue weighted by Gasteiger charge is 2.27. The number of hydrogen-bond donors (Lipinski definition) is 1. The van der Waals surface area contributed by atoms with Gasteiger partial charge in [-0.25, -0.2) is 4.79 Å². The van der Waals surface area contributed by atoms with E-state index in [-0.39, 0.29) is 11.5 Å². The topological polar surface area (TPSA) is 57.6 Å². The van der Waals surface area contributed by atoms with Gasteiger partial charge in [-0.1, -0.05) is 19.9 Å². The summed E-state index contributed by atoms with van der Waals surface area (Å²) >= 11 is 0. The molecule has 0 spiro atoms. The van der Waals surface area contributed by atoms with Crippen LogP contribution < -0.4 is 4.90 Å². The lowest BCUT2D eigenvalue weighted by Crippen LogP contribution is -2.28. The number of carbonyl (C=O) groups excluding carboxylic acids is 1. The van der Waals surface area contributed by atoms with E-state index in [1.807, 2.05) is 0 Å². The lowest BCUT2D eigenvalue weighted by atomic mass is 10.1. The molecule has 18 heavy (non-hydrogen) atoms. The van der Waals surface area contributed by atoms with E-state index in [1.165, 1.54) is 0 Å². The summed E-state index contributed by atoms with van der Waals surface area (Å²) in [6, 6.07) is 4.90. The van der Waals surface area contributed by atoms with E-state index in [9.17, 15) is 9.59 Å². The number of carbonyl (C=O) groups is 2. The van der Waals surface area contributed by atoms with E-state index in [0.29, 0.717) is 18.9 Å². The predicted octanol–water partition coefficient (Wildman–Crippen LogP) is 2.32. The predicted molar refractivity (Wildman–Crippen MR) is 68.9 cm³/mol. The SMILES string of the molecule is CC(C)CCN1C(=O)Cc2ccc(C(=O)O)cc21. The van der Waals surface area contributed by atoms with Gasteiger partial charge in [-0.05, 0) is 30.0 Å². The summed E-state index contributed by atoms with van der Waals surface area (Å²) < 4.78 is 0. The first-order valence-electron chi connectivity index (χ1n) is 6.15. The maximum atomic E-state index is 11.9. The van der Waals surface area contributed by atoms with Crippen LogP contribution in [0.5, 0.6) is 0 Å². The van der Waals surface area contributed by atoms with Crippen LogP contribution in [0.3, 0.4) is 0 Å². The summed E-state index contributed by atoms with van der Waals surface area (Å²) in [5.41, 5.74) is 1.92. The Hall–Kier alpha value is -1.84. The highest BCUT2D eigenvalue weighted by atomic mass is 16.4. The Morgan fingerprint density at radius 2 is 2.17 bits per heavy atom. The van der Waals surface area contributed by atoms with Gasteiger partial charge in [0.15, 0.2) is 0 Å². The van der Waals surface area contributed by atoms with Gasteiger partial charge in [0.25, 0.3) is 0 Å². The Morgan fingerprint density at radius 1 is 1.44 bits per heavy atom. The van der Waals surface area contributed by atoms with Gasteiger partial charge < -0.3 is 10.0 Å². The molecule has 0 atom stereocenters. The van der Waals surface area contributed by atoms with Crippen molar-refractivity contribution >= 4 is 17.6 Å². The van der Waals surface area contributed by atoms with Crippen molar-refractivity contribution in [2.24, 2.45) is 5.92 Å². The molecule has 96 valence electrons. The first-order valence-corrected chi connectivity index (χ1v) is 6.15. The van der Waals surface area contributed by atoms with Crippen molar-refractivity contribution < 1.29 is 14.7 Å². The van der Waals surface area contributed by atoms with E-state index in [1.54, 1.807) is 23.1 Å². The molecule has 4 heteroatoms. The summed E-state index contributed by atoms with van der Waals surface area (Å²) in [7, 11) is 0. The largest absolute Gasteiger partial charge is 0.478 e. The third-order valence-electron chi connectivity index (χ3n) is 3.20. The molecule has 0 unspecified atom stereocenters. The molecule has 0 saturated heterocycles. The fourth-order valence-electron chi connectivity index (χ4n) is 2.12. The van der Waals surface area contributed by atoms with E-state index < -0.39 is 5.97 Å². The summed E-state index contributed by atoms with van der Waals surface area (Å²) in [6.07, 6.45) is 1.30. The Balaban J connectivity index is 2.27. The maximum Gasteiger partial charge on any atom is 0.335 e. The molecule has 1 aromatic carbocycles. The third-order valence-corrected chi connectivity index (χ3v) is 3.20. The Morgan fingerprint density at radius 3 is 2.78 bits per heavy atom. The molecule has 1 aromatic rings. The van der Waals surface area contributed by atoms with Crippen LogP contribution in [0, 0.1) is 5.92 Å². The molecule has 0 fully saturated rings. The van der Waals surface area contributed by atoms with E-state index in [4.69, 9.17) is 5.11 Å². The minimum absolute atomic E-state index is 0.0631. The van der Waals surface area contributed by atoms with Crippen LogP contribution in [0.15, 0.2) is 18.2 Å². The number of rotatable bonds is 4. The van der Waals surface area contributed by atoms with Crippen molar-refractivity contribution in [3.05, 3.63) is 29.3 Å². The van der Waals surface area contributed by atoms with Crippen molar-refractivity contribution in [1.82, 2.24) is 0 Å². The van der Waals surface area contributed by atoms with E-state index in [2.05, 4.69) is 13.8 Å². The van der Waals surface area contributed by atoms with Gasteiger partial charge in [-0.3, -0.25) is 4.79 Å². The van der Waals surface area contributed by atoms with Gasteiger partial charge in [-0.2, -0.15) is 0 Å². The zero-order valence-corrected chi connectivity index (χ0v) is 10.6. The van der Waals surface area contributed by atoms with Gasteiger partial charge in [0, 0.05) is 12.2 Å². The summed E-state index contributed by atoms with van der Waals surface area (Å²) in [4.78, 5) is 24.6. The molecule has 0 radical (unpaired) electrons. The van der Waals surface area contributed by atoms with E-state index in [0.717, 1.165) is 17.7 Å². The highest BCUT2D eigenvalue weighted by molar-refractivity contribution is 6.03. The second-order valence-electron chi connectivity index (χ2n) is 5.05. The molecule has 0 aromatic heterocycles. The van der Waals surface area contributed by atoms with Crippen molar-refractivity contribution in [3.63, 3.8) is 0 Å². The molecule has 1 aliphatic heterocycles. The van der Waals surface area contributed by atoms with Crippen molar-refractivity contribution in [1.29, 1.82) is 0 Å². The molecule has 4 nitrogen and oxygen atoms in total. The number of nitrogens with zero attached hydrogens (tertiary/aromatic N) is 1. The fraction of sp³-hybridized carbons (Fsp3) is 0.429. The summed E-state index contributed by atoms with van der Waals surface area (Å²) in [5, 5.41) is 8.98. The molecular formula is C14H17NO3. The molecule has 0 aliphatic carbocycles. The molecule has 1 amide bonds. The van der Waals surface area contributed by atoms with Crippen LogP contribution in [-0.4, -0.2) is 23.5 Å². The normalized spacial score (nSPS) is 14.2. The second kappa shape index (κ2) is 4.80. The van der Waals surface area contributed by atoms with Gasteiger partial charge in [-0.15, -0.1) is 0 Å². The molecule has 2 rings (SSSR count). The second-order valence-corrected chi connectivity index (χ2v) is 5.05. The molecule has 1 aliphatic rings. The fourth-order valence-corrected chi connectivity index (χ4v) is 2.12. The van der Waals surface area contributed by atoms with Crippen LogP contribution in [0.2, 0.25) is 0 Å². The molecule has 1 heterocycles. The van der Waals surface area contributed by atoms with Gasteiger partial charge >= 0.3 is 5.97 Å². The average molecular weight is 247 g/mol. The number of fused-ring (bicyclic) bond motifs is 1. The number of carboxylic acid groups (broad SMARTS) is 1. The van der Waals surface area contributed by atoms with Gasteiger partial charge in [0.2, 0.25) is 5.91 Å². The van der Waals surface area contributed by atoms with Gasteiger partial charge in [0.05, 0.1) is 12.0 Å². The van der Waals surface area contributed by atoms with Gasteiger partial charge in [0.1, 0.15) is 0 Å². The standard InChI is InChI=1S/C14H17NO3/c1-9(2)5-6-15-12-7-11(14(17)18)4-3-10(12)8-13(15)16/h3-4,7,9H,5-6,8H2,1-2H3,(H,17,18). The number of carboxylic acids is 1. The zero-order valence-electron chi connectivity index (χ0n) is 10.6. The van der Waals surface area contributed by atoms with Crippen LogP contribution >= 0.6 is 0 Å². The summed E-state index contributed by atoms with van der Waals surface area (Å²) in [5.74, 6) is -0.376. The Kier molecular flexibility index (Phi) is 3.36. The van der Waals surface area contributed by atoms with Crippen LogP contribution in [0.4, 0.5) is 5.69 Å². The third kappa shape index (κ3) is 2.37. The van der Waals surface area contributed by atoms with Crippen LogP contribution in [0.1, 0.15) is 36.2 Å². The number of amides is 1. The first kappa shape index (κ1) is 12.6. The lowest BCUT2D eigenvalue weighted by Gasteiger charge is -2.18. The van der Waals surface area contributed by atoms with Crippen LogP contribution in [-0.2, 0) is 11.2 Å². The minimum Gasteiger partial charge on any atom is -0.478 e. The zero-order chi connectivity index (χ0) is 13.3. The monoisotopic (exact) mass is 247 g/mol. The van der Waals surface area contributed by atoms with E-state index >= 15 is 0 Å². The number of benzene rings is 1. The minimum atomic E-state index is -0.957. The van der Waals surface area contributed by atoms with Crippen LogP contribution in [0.25, 0.3) is 0 Å². The average Bonchev–Trinajstić information content (AvgIpc) is 2.60. The molecule has 0 bridgehead atoms. The smallest absolute Gasteiger partial charge is 0.335 e. The first-order chi connectivity index (χ1) is 8.49. The molecule has 1 N–H and O–H groups in total. The number of aromatic carboxylic acids is 1. The Labute approximate surface area is 106 Å². The van der Waals surface area contributed by atoms with Crippen molar-refractivity contribution in [3.8, 4) is 0 Å². The summed E-state index contributed by atoms with van der Waals surface area (Å²) in [6.45, 7) is 4.87. The number of hydrogen-bond acceptors (Lipinski definition) is 2. The highest BCUT2D eigenvalue weighted by Crippen LogP contribution is 2.30. The quantitative estimate of drug-likeness (QED) is 0.888. The lowest BCUT2D eigenvalue weighted by molar-refractivity contribution is -0.117. The van der Waals surface area contributed by atoms with Crippen molar-refractivity contribution in [2.75, 3.05) is 11.4 Å². The maximum absolute atomic E-state index is 11.9. The Bertz CT molecular complexity index is 494. The molecular weight excluding hydrogens is 230 g/mol. The molecule has 0 saturated carbocycles. The van der Waals surface area contributed by atoms with Crippen molar-refractivity contribution in [2.45, 2.75) is 26.7 Å². The number of anilines is 1.